The summed E-state index contributed by atoms with van der Waals surface area (Å²) in [5, 5.41) is 0. The molecule has 1 aliphatic rings. The van der Waals surface area contributed by atoms with E-state index in [4.69, 9.17) is 9.47 Å². The second-order valence-electron chi connectivity index (χ2n) is 4.99. The highest BCUT2D eigenvalue weighted by Gasteiger charge is 2.32. The van der Waals surface area contributed by atoms with Crippen LogP contribution in [0.2, 0.25) is 0 Å². The smallest absolute Gasteiger partial charge is 0.246 e. The maximum atomic E-state index is 12.0. The van der Waals surface area contributed by atoms with E-state index in [2.05, 4.69) is 4.72 Å². The Kier molecular flexibility index (Phi) is 3.03. The molecule has 0 unspecified atom stereocenters. The van der Waals surface area contributed by atoms with Gasteiger partial charge in [0.2, 0.25) is 15.8 Å². The summed E-state index contributed by atoms with van der Waals surface area (Å²) in [6.45, 7) is 7.09. The Morgan fingerprint density at radius 3 is 2.39 bits per heavy atom. The highest BCUT2D eigenvalue weighted by molar-refractivity contribution is 7.89. The minimum atomic E-state index is -3.50. The third-order valence-electron chi connectivity index (χ3n) is 2.33. The Balaban J connectivity index is 2.35. The third-order valence-corrected chi connectivity index (χ3v) is 3.98. The summed E-state index contributed by atoms with van der Waals surface area (Å²) in [7, 11) is -3.50. The first-order valence-corrected chi connectivity index (χ1v) is 7.22. The molecule has 0 aliphatic carbocycles. The SMILES string of the molecule is CC(C)NS(=O)(=O)c1ccc2c(c1)OC(C)(C)O2. The van der Waals surface area contributed by atoms with Gasteiger partial charge in [0.15, 0.2) is 11.5 Å². The normalized spacial score (nSPS) is 17.2. The summed E-state index contributed by atoms with van der Waals surface area (Å²) in [6, 6.07) is 4.44. The van der Waals surface area contributed by atoms with Gasteiger partial charge in [-0.15, -0.1) is 0 Å². The molecular formula is C12H17NO4S. The Labute approximate surface area is 107 Å². The number of hydrogen-bond acceptors (Lipinski definition) is 4. The van der Waals surface area contributed by atoms with Gasteiger partial charge in [-0.25, -0.2) is 13.1 Å². The van der Waals surface area contributed by atoms with Gasteiger partial charge in [-0.2, -0.15) is 0 Å². The summed E-state index contributed by atoms with van der Waals surface area (Å²) in [4.78, 5) is 0.177. The van der Waals surface area contributed by atoms with Gasteiger partial charge in [0.05, 0.1) is 4.90 Å². The van der Waals surface area contributed by atoms with Gasteiger partial charge >= 0.3 is 0 Å². The summed E-state index contributed by atoms with van der Waals surface area (Å²) < 4.78 is 37.5. The number of sulfonamides is 1. The first-order valence-electron chi connectivity index (χ1n) is 5.74. The van der Waals surface area contributed by atoms with Crippen LogP contribution in [0, 0.1) is 0 Å². The zero-order valence-corrected chi connectivity index (χ0v) is 11.7. The molecule has 0 saturated heterocycles. The molecule has 0 fully saturated rings. The van der Waals surface area contributed by atoms with Crippen LogP contribution in [-0.2, 0) is 10.0 Å². The van der Waals surface area contributed by atoms with Crippen molar-refractivity contribution in [1.29, 1.82) is 0 Å². The summed E-state index contributed by atoms with van der Waals surface area (Å²) >= 11 is 0. The molecule has 2 rings (SSSR count). The van der Waals surface area contributed by atoms with Crippen molar-refractivity contribution in [2.45, 2.75) is 44.4 Å². The zero-order valence-electron chi connectivity index (χ0n) is 10.9. The fraction of sp³-hybridized carbons (Fsp3) is 0.500. The van der Waals surface area contributed by atoms with Crippen molar-refractivity contribution in [3.8, 4) is 11.5 Å². The lowest BCUT2D eigenvalue weighted by Crippen LogP contribution is -2.30. The van der Waals surface area contributed by atoms with E-state index in [1.165, 1.54) is 12.1 Å². The van der Waals surface area contributed by atoms with Crippen molar-refractivity contribution in [3.05, 3.63) is 18.2 Å². The Bertz CT molecular complexity index is 563. The molecule has 0 atom stereocenters. The fourth-order valence-electron chi connectivity index (χ4n) is 1.75. The molecule has 0 radical (unpaired) electrons. The van der Waals surface area contributed by atoms with Crippen LogP contribution in [0.1, 0.15) is 27.7 Å². The van der Waals surface area contributed by atoms with Gasteiger partial charge in [-0.1, -0.05) is 0 Å². The molecule has 1 aliphatic heterocycles. The number of nitrogens with one attached hydrogen (secondary N) is 1. The van der Waals surface area contributed by atoms with Crippen molar-refractivity contribution >= 4 is 10.0 Å². The molecule has 100 valence electrons. The van der Waals surface area contributed by atoms with E-state index in [-0.39, 0.29) is 10.9 Å². The van der Waals surface area contributed by atoms with E-state index in [1.807, 2.05) is 0 Å². The first kappa shape index (κ1) is 13.2. The molecular weight excluding hydrogens is 254 g/mol. The minimum Gasteiger partial charge on any atom is -0.449 e. The van der Waals surface area contributed by atoms with Crippen molar-refractivity contribution < 1.29 is 17.9 Å². The summed E-state index contributed by atoms with van der Waals surface area (Å²) in [5.74, 6) is 0.256. The van der Waals surface area contributed by atoms with Crippen molar-refractivity contribution in [2.24, 2.45) is 0 Å². The first-order chi connectivity index (χ1) is 8.20. The van der Waals surface area contributed by atoms with Crippen LogP contribution in [-0.4, -0.2) is 20.2 Å². The minimum absolute atomic E-state index is 0.156. The van der Waals surface area contributed by atoms with Gasteiger partial charge < -0.3 is 9.47 Å². The van der Waals surface area contributed by atoms with E-state index >= 15 is 0 Å². The lowest BCUT2D eigenvalue weighted by molar-refractivity contribution is -0.0432. The van der Waals surface area contributed by atoms with Crippen molar-refractivity contribution in [1.82, 2.24) is 4.72 Å². The lowest BCUT2D eigenvalue weighted by atomic mass is 10.3. The number of rotatable bonds is 3. The number of hydrogen-bond donors (Lipinski definition) is 1. The standard InChI is InChI=1S/C12H17NO4S/c1-8(2)13-18(14,15)9-5-6-10-11(7-9)17-12(3,4)16-10/h5-8,13H,1-4H3. The van der Waals surface area contributed by atoms with Gasteiger partial charge in [0.1, 0.15) is 0 Å². The average Bonchev–Trinajstić information content (AvgIpc) is 2.47. The van der Waals surface area contributed by atoms with Crippen LogP contribution in [0.15, 0.2) is 23.1 Å². The second kappa shape index (κ2) is 4.13. The quantitative estimate of drug-likeness (QED) is 0.911. The van der Waals surface area contributed by atoms with E-state index in [1.54, 1.807) is 33.8 Å². The van der Waals surface area contributed by atoms with E-state index in [0.29, 0.717) is 11.5 Å². The second-order valence-corrected chi connectivity index (χ2v) is 6.70. The molecule has 0 bridgehead atoms. The van der Waals surface area contributed by atoms with E-state index in [0.717, 1.165) is 0 Å². The number of benzene rings is 1. The number of fused-ring (bicyclic) bond motifs is 1. The zero-order chi connectivity index (χ0) is 13.6. The van der Waals surface area contributed by atoms with Crippen LogP contribution < -0.4 is 14.2 Å². The van der Waals surface area contributed by atoms with Gasteiger partial charge in [-0.05, 0) is 26.0 Å². The van der Waals surface area contributed by atoms with E-state index in [9.17, 15) is 8.42 Å². The summed E-state index contributed by atoms with van der Waals surface area (Å²) in [5.41, 5.74) is 0. The van der Waals surface area contributed by atoms with Crippen molar-refractivity contribution in [2.75, 3.05) is 0 Å². The van der Waals surface area contributed by atoms with Gasteiger partial charge in [-0.3, -0.25) is 0 Å². The van der Waals surface area contributed by atoms with Crippen LogP contribution in [0.25, 0.3) is 0 Å². The highest BCUT2D eigenvalue weighted by Crippen LogP contribution is 2.40. The largest absolute Gasteiger partial charge is 0.449 e. The Hall–Kier alpha value is -1.27. The maximum absolute atomic E-state index is 12.0. The molecule has 6 heteroatoms. The van der Waals surface area contributed by atoms with E-state index < -0.39 is 15.8 Å². The summed E-state index contributed by atoms with van der Waals surface area (Å²) in [6.07, 6.45) is 0. The monoisotopic (exact) mass is 271 g/mol. The molecule has 1 aromatic rings. The molecule has 1 heterocycles. The highest BCUT2D eigenvalue weighted by atomic mass is 32.2. The predicted molar refractivity (Wildman–Crippen MR) is 67.2 cm³/mol. The predicted octanol–water partition coefficient (Wildman–Crippen LogP) is 1.88. The molecule has 0 amide bonds. The Morgan fingerprint density at radius 2 is 1.78 bits per heavy atom. The van der Waals surface area contributed by atoms with Crippen LogP contribution in [0.4, 0.5) is 0 Å². The molecule has 0 aromatic heterocycles. The number of ether oxygens (including phenoxy) is 2. The Morgan fingerprint density at radius 1 is 1.17 bits per heavy atom. The van der Waals surface area contributed by atoms with Gasteiger partial charge in [0, 0.05) is 26.0 Å². The fourth-order valence-corrected chi connectivity index (χ4v) is 3.01. The lowest BCUT2D eigenvalue weighted by Gasteiger charge is -2.16. The van der Waals surface area contributed by atoms with Crippen LogP contribution >= 0.6 is 0 Å². The molecule has 18 heavy (non-hydrogen) atoms. The maximum Gasteiger partial charge on any atom is 0.246 e. The molecule has 0 saturated carbocycles. The molecule has 0 spiro atoms. The van der Waals surface area contributed by atoms with Crippen LogP contribution in [0.5, 0.6) is 11.5 Å². The van der Waals surface area contributed by atoms with Crippen LogP contribution in [0.3, 0.4) is 0 Å². The third kappa shape index (κ3) is 2.59. The molecule has 1 aromatic carbocycles. The van der Waals surface area contributed by atoms with Gasteiger partial charge in [0.25, 0.3) is 0 Å². The molecule has 1 N–H and O–H groups in total. The topological polar surface area (TPSA) is 64.6 Å². The average molecular weight is 271 g/mol. The van der Waals surface area contributed by atoms with Crippen molar-refractivity contribution in [3.63, 3.8) is 0 Å². The molecule has 5 nitrogen and oxygen atoms in total.